The Morgan fingerprint density at radius 1 is 1.71 bits per heavy atom. The quantitative estimate of drug-likeness (QED) is 0.883. The van der Waals surface area contributed by atoms with Crippen LogP contribution in [-0.2, 0) is 6.54 Å². The number of halogens is 1. The maximum Gasteiger partial charge on any atom is 0.203 e. The SMILES string of the molecule is CCn1ncc(Br)c1C(=O)C(N)c1cccs1. The first-order chi connectivity index (χ1) is 8.15. The van der Waals surface area contributed by atoms with Crippen molar-refractivity contribution < 1.29 is 4.79 Å². The van der Waals surface area contributed by atoms with Crippen molar-refractivity contribution >= 4 is 33.0 Å². The minimum atomic E-state index is -0.617. The molecule has 0 saturated carbocycles. The Bertz CT molecular complexity index is 521. The van der Waals surface area contributed by atoms with Crippen LogP contribution >= 0.6 is 27.3 Å². The van der Waals surface area contributed by atoms with E-state index in [0.717, 1.165) is 4.88 Å². The number of rotatable bonds is 4. The van der Waals surface area contributed by atoms with Gasteiger partial charge in [0.05, 0.1) is 10.7 Å². The number of aromatic nitrogens is 2. The lowest BCUT2D eigenvalue weighted by atomic mass is 10.1. The first kappa shape index (κ1) is 12.5. The highest BCUT2D eigenvalue weighted by Gasteiger charge is 2.24. The molecule has 1 atom stereocenters. The average molecular weight is 314 g/mol. The topological polar surface area (TPSA) is 60.9 Å². The van der Waals surface area contributed by atoms with Crippen molar-refractivity contribution in [3.8, 4) is 0 Å². The van der Waals surface area contributed by atoms with Gasteiger partial charge in [0.25, 0.3) is 0 Å². The molecular weight excluding hydrogens is 302 g/mol. The fraction of sp³-hybridized carbons (Fsp3) is 0.273. The van der Waals surface area contributed by atoms with Gasteiger partial charge in [-0.05, 0) is 34.3 Å². The summed E-state index contributed by atoms with van der Waals surface area (Å²) < 4.78 is 2.34. The van der Waals surface area contributed by atoms with Gasteiger partial charge in [-0.1, -0.05) is 6.07 Å². The summed E-state index contributed by atoms with van der Waals surface area (Å²) in [6.45, 7) is 2.58. The number of Topliss-reactive ketones (excluding diaryl/α,β-unsaturated/α-hetero) is 1. The van der Waals surface area contributed by atoms with Crippen LogP contribution in [0.25, 0.3) is 0 Å². The zero-order valence-corrected chi connectivity index (χ0v) is 11.7. The molecule has 0 aliphatic carbocycles. The van der Waals surface area contributed by atoms with E-state index in [0.29, 0.717) is 16.7 Å². The Balaban J connectivity index is 2.34. The molecule has 0 radical (unpaired) electrons. The van der Waals surface area contributed by atoms with Crippen LogP contribution < -0.4 is 5.73 Å². The molecule has 0 saturated heterocycles. The van der Waals surface area contributed by atoms with Crippen molar-refractivity contribution in [2.45, 2.75) is 19.5 Å². The van der Waals surface area contributed by atoms with E-state index < -0.39 is 6.04 Å². The third kappa shape index (κ3) is 2.34. The van der Waals surface area contributed by atoms with Gasteiger partial charge in [0.2, 0.25) is 5.78 Å². The summed E-state index contributed by atoms with van der Waals surface area (Å²) in [5.74, 6) is -0.112. The second-order valence-electron chi connectivity index (χ2n) is 3.51. The predicted molar refractivity (Wildman–Crippen MR) is 71.2 cm³/mol. The molecule has 6 heteroatoms. The van der Waals surface area contributed by atoms with Crippen molar-refractivity contribution in [3.63, 3.8) is 0 Å². The maximum atomic E-state index is 12.3. The largest absolute Gasteiger partial charge is 0.317 e. The number of carbonyl (C=O) groups excluding carboxylic acids is 1. The van der Waals surface area contributed by atoms with Gasteiger partial charge in [0, 0.05) is 11.4 Å². The molecule has 2 N–H and O–H groups in total. The average Bonchev–Trinajstić information content (AvgIpc) is 2.96. The zero-order chi connectivity index (χ0) is 12.4. The van der Waals surface area contributed by atoms with Crippen LogP contribution in [-0.4, -0.2) is 15.6 Å². The van der Waals surface area contributed by atoms with Gasteiger partial charge in [0.15, 0.2) is 0 Å². The number of nitrogens with zero attached hydrogens (tertiary/aromatic N) is 2. The Labute approximate surface area is 112 Å². The summed E-state index contributed by atoms with van der Waals surface area (Å²) in [5.41, 5.74) is 6.50. The molecule has 2 rings (SSSR count). The zero-order valence-electron chi connectivity index (χ0n) is 9.26. The second kappa shape index (κ2) is 5.12. The van der Waals surface area contributed by atoms with E-state index in [4.69, 9.17) is 5.73 Å². The van der Waals surface area contributed by atoms with Crippen LogP contribution in [0.1, 0.15) is 28.3 Å². The minimum absolute atomic E-state index is 0.112. The summed E-state index contributed by atoms with van der Waals surface area (Å²) in [5, 5.41) is 6.03. The van der Waals surface area contributed by atoms with Crippen LogP contribution in [0.3, 0.4) is 0 Å². The van der Waals surface area contributed by atoms with Crippen LogP contribution in [0.15, 0.2) is 28.2 Å². The third-order valence-electron chi connectivity index (χ3n) is 2.46. The number of aryl methyl sites for hydroxylation is 1. The second-order valence-corrected chi connectivity index (χ2v) is 5.35. The summed E-state index contributed by atoms with van der Waals surface area (Å²) in [7, 11) is 0. The van der Waals surface area contributed by atoms with Gasteiger partial charge in [-0.15, -0.1) is 11.3 Å². The number of ketones is 1. The van der Waals surface area contributed by atoms with Crippen molar-refractivity contribution in [3.05, 3.63) is 38.8 Å². The Hall–Kier alpha value is -0.980. The lowest BCUT2D eigenvalue weighted by molar-refractivity contribution is 0.0951. The van der Waals surface area contributed by atoms with Crippen LogP contribution in [0.2, 0.25) is 0 Å². The minimum Gasteiger partial charge on any atom is -0.317 e. The number of nitrogens with two attached hydrogens (primary N) is 1. The standard InChI is InChI=1S/C11H12BrN3OS/c1-2-15-10(7(12)6-14-15)11(16)9(13)8-4-3-5-17-8/h3-6,9H,2,13H2,1H3. The van der Waals surface area contributed by atoms with Gasteiger partial charge < -0.3 is 5.73 Å². The van der Waals surface area contributed by atoms with Gasteiger partial charge in [0.1, 0.15) is 11.7 Å². The van der Waals surface area contributed by atoms with Crippen LogP contribution in [0.4, 0.5) is 0 Å². The van der Waals surface area contributed by atoms with Crippen molar-refractivity contribution in [1.29, 1.82) is 0 Å². The van der Waals surface area contributed by atoms with Crippen molar-refractivity contribution in [1.82, 2.24) is 9.78 Å². The highest BCUT2D eigenvalue weighted by Crippen LogP contribution is 2.24. The molecule has 1 unspecified atom stereocenters. The summed E-state index contributed by atoms with van der Waals surface area (Å²) >= 11 is 4.82. The fourth-order valence-electron chi connectivity index (χ4n) is 1.59. The summed E-state index contributed by atoms with van der Waals surface area (Å²) in [6.07, 6.45) is 1.62. The first-order valence-corrected chi connectivity index (χ1v) is 6.87. The normalized spacial score (nSPS) is 12.6. The number of hydrogen-bond acceptors (Lipinski definition) is 4. The van der Waals surface area contributed by atoms with Crippen LogP contribution in [0.5, 0.6) is 0 Å². The van der Waals surface area contributed by atoms with E-state index in [1.54, 1.807) is 10.9 Å². The smallest absolute Gasteiger partial charge is 0.203 e. The molecule has 0 aliphatic heterocycles. The highest BCUT2D eigenvalue weighted by atomic mass is 79.9. The van der Waals surface area contributed by atoms with Crippen molar-refractivity contribution in [2.75, 3.05) is 0 Å². The molecule has 90 valence electrons. The molecule has 2 heterocycles. The molecule has 2 aromatic heterocycles. The monoisotopic (exact) mass is 313 g/mol. The van der Waals surface area contributed by atoms with Gasteiger partial charge in [-0.25, -0.2) is 0 Å². The summed E-state index contributed by atoms with van der Waals surface area (Å²) in [4.78, 5) is 13.2. The molecule has 4 nitrogen and oxygen atoms in total. The molecule has 2 aromatic rings. The van der Waals surface area contributed by atoms with E-state index in [9.17, 15) is 4.79 Å². The van der Waals surface area contributed by atoms with Crippen LogP contribution in [0, 0.1) is 0 Å². The Morgan fingerprint density at radius 3 is 3.06 bits per heavy atom. The van der Waals surface area contributed by atoms with Crippen molar-refractivity contribution in [2.24, 2.45) is 5.73 Å². The highest BCUT2D eigenvalue weighted by molar-refractivity contribution is 9.10. The van der Waals surface area contributed by atoms with E-state index >= 15 is 0 Å². The Kier molecular flexibility index (Phi) is 3.76. The molecule has 0 fully saturated rings. The molecule has 0 amide bonds. The Morgan fingerprint density at radius 2 is 2.47 bits per heavy atom. The van der Waals surface area contributed by atoms with Gasteiger partial charge in [-0.2, -0.15) is 5.10 Å². The van der Waals surface area contributed by atoms with E-state index in [2.05, 4.69) is 21.0 Å². The van der Waals surface area contributed by atoms with E-state index in [1.807, 2.05) is 24.4 Å². The number of thiophene rings is 1. The van der Waals surface area contributed by atoms with E-state index in [1.165, 1.54) is 11.3 Å². The van der Waals surface area contributed by atoms with Gasteiger partial charge in [-0.3, -0.25) is 9.48 Å². The molecule has 0 aliphatic rings. The lowest BCUT2D eigenvalue weighted by Gasteiger charge is -2.10. The molecule has 0 aromatic carbocycles. The fourth-order valence-corrected chi connectivity index (χ4v) is 2.81. The molecule has 17 heavy (non-hydrogen) atoms. The molecule has 0 spiro atoms. The van der Waals surface area contributed by atoms with E-state index in [-0.39, 0.29) is 5.78 Å². The molecule has 0 bridgehead atoms. The summed E-state index contributed by atoms with van der Waals surface area (Å²) in [6, 6.07) is 3.14. The lowest BCUT2D eigenvalue weighted by Crippen LogP contribution is -2.23. The third-order valence-corrected chi connectivity index (χ3v) is 4.00. The predicted octanol–water partition coefficient (Wildman–Crippen LogP) is 2.61. The molecular formula is C11H12BrN3OS. The maximum absolute atomic E-state index is 12.3. The first-order valence-electron chi connectivity index (χ1n) is 5.19. The van der Waals surface area contributed by atoms with Gasteiger partial charge >= 0.3 is 0 Å². The number of carbonyl (C=O) groups is 1. The number of hydrogen-bond donors (Lipinski definition) is 1.